The van der Waals surface area contributed by atoms with Crippen LogP contribution in [0, 0.1) is 0 Å². The first-order valence-electron chi connectivity index (χ1n) is 28.1. The van der Waals surface area contributed by atoms with E-state index < -0.39 is 0 Å². The van der Waals surface area contributed by atoms with Gasteiger partial charge in [0.25, 0.3) is 0 Å². The molecule has 0 saturated heterocycles. The second-order valence-corrected chi connectivity index (χ2v) is 20.3. The summed E-state index contributed by atoms with van der Waals surface area (Å²) in [6.07, 6.45) is 52.2. The molecule has 0 unspecified atom stereocenters. The molecule has 0 atom stereocenters. The Hall–Kier alpha value is -2.40. The van der Waals surface area contributed by atoms with Crippen LogP contribution >= 0.6 is 11.8 Å². The molecule has 0 N–H and O–H groups in total. The van der Waals surface area contributed by atoms with E-state index in [1.165, 1.54) is 217 Å². The molecule has 2 aromatic rings. The van der Waals surface area contributed by atoms with Crippen molar-refractivity contribution in [3.8, 4) is 17.2 Å². The van der Waals surface area contributed by atoms with Crippen molar-refractivity contribution in [3.05, 3.63) is 53.6 Å². The highest BCUT2D eigenvalue weighted by atomic mass is 32.2. The van der Waals surface area contributed by atoms with Gasteiger partial charge in [0.05, 0.1) is 19.8 Å². The summed E-state index contributed by atoms with van der Waals surface area (Å²) in [6.45, 7) is 11.0. The molecule has 0 aliphatic carbocycles. The predicted molar refractivity (Wildman–Crippen MR) is 287 cm³/mol. The second-order valence-electron chi connectivity index (χ2n) is 19.1. The van der Waals surface area contributed by atoms with Crippen LogP contribution in [-0.4, -0.2) is 31.4 Å². The van der Waals surface area contributed by atoms with Crippen molar-refractivity contribution in [1.82, 2.24) is 0 Å². The van der Waals surface area contributed by atoms with Crippen LogP contribution in [0.1, 0.15) is 281 Å². The zero-order valence-electron chi connectivity index (χ0n) is 43.2. The van der Waals surface area contributed by atoms with Gasteiger partial charge in [0.1, 0.15) is 0 Å². The Balaban J connectivity index is 2.06. The number of allylic oxidation sites excluding steroid dienone is 1. The normalized spacial score (nSPS) is 11.5. The smallest absolute Gasteiger partial charge is 0.203 e. The molecule has 0 radical (unpaired) electrons. The van der Waals surface area contributed by atoms with Crippen LogP contribution in [0.4, 0.5) is 0 Å². The van der Waals surface area contributed by atoms with Crippen LogP contribution in [0.5, 0.6) is 17.2 Å². The summed E-state index contributed by atoms with van der Waals surface area (Å²) < 4.78 is 19.8. The van der Waals surface area contributed by atoms with Gasteiger partial charge < -0.3 is 14.2 Å². The zero-order valence-corrected chi connectivity index (χ0v) is 44.0. The standard InChI is InChI=1S/C60H102O4S/c1-5-9-12-15-18-21-24-27-30-33-36-39-48-62-58-52-54(42-47-57(61)55-43-45-56(46-44-55)65-51-8-4)53-59(63-49-40-37-34-31-28-25-22-19-16-13-10-6-2)60(58)64-50-41-38-35-32-29-26-23-20-17-14-11-7-3/h42-47,52-53H,5-41,48-51H2,1-4H3/b47-42+. The second kappa shape index (κ2) is 44.1. The molecule has 0 aliphatic rings. The topological polar surface area (TPSA) is 44.8 Å². The van der Waals surface area contributed by atoms with Crippen LogP contribution in [0.3, 0.4) is 0 Å². The van der Waals surface area contributed by atoms with Gasteiger partial charge in [0.15, 0.2) is 17.3 Å². The first-order chi connectivity index (χ1) is 32.1. The quantitative estimate of drug-likeness (QED) is 0.0286. The van der Waals surface area contributed by atoms with Gasteiger partial charge in [-0.05, 0) is 79.5 Å². The van der Waals surface area contributed by atoms with E-state index in [1.54, 1.807) is 6.08 Å². The molecule has 0 heterocycles. The van der Waals surface area contributed by atoms with Crippen molar-refractivity contribution in [2.24, 2.45) is 0 Å². The number of benzene rings is 2. The molecule has 0 bridgehead atoms. The third kappa shape index (κ3) is 32.9. The number of unbranched alkanes of at least 4 members (excludes halogenated alkanes) is 33. The predicted octanol–water partition coefficient (Wildman–Crippen LogP) is 20.3. The minimum atomic E-state index is 0.00210. The van der Waals surface area contributed by atoms with E-state index in [-0.39, 0.29) is 5.78 Å². The molecule has 0 amide bonds. The Morgan fingerprint density at radius 3 is 1.08 bits per heavy atom. The average molecular weight is 920 g/mol. The lowest BCUT2D eigenvalue weighted by Crippen LogP contribution is -2.07. The highest BCUT2D eigenvalue weighted by molar-refractivity contribution is 7.99. The fourth-order valence-corrected chi connectivity index (χ4v) is 9.39. The number of thioether (sulfide) groups is 1. The maximum absolute atomic E-state index is 13.4. The first-order valence-corrected chi connectivity index (χ1v) is 29.1. The molecule has 2 rings (SSSR count). The summed E-state index contributed by atoms with van der Waals surface area (Å²) in [6, 6.07) is 12.1. The number of carbonyl (C=O) groups excluding carboxylic acids is 1. The molecular weight excluding hydrogens is 817 g/mol. The van der Waals surface area contributed by atoms with E-state index in [0.29, 0.717) is 25.4 Å². The van der Waals surface area contributed by atoms with E-state index in [4.69, 9.17) is 14.2 Å². The van der Waals surface area contributed by atoms with E-state index in [2.05, 4.69) is 52.0 Å². The number of ether oxygens (including phenoxy) is 3. The number of ketones is 1. The maximum Gasteiger partial charge on any atom is 0.203 e. The Bertz CT molecular complexity index is 1330. The Kier molecular flexibility index (Phi) is 39.9. The number of hydrogen-bond donors (Lipinski definition) is 0. The van der Waals surface area contributed by atoms with Gasteiger partial charge in [0, 0.05) is 10.5 Å². The fourth-order valence-electron chi connectivity index (χ4n) is 8.62. The molecule has 2 aromatic carbocycles. The van der Waals surface area contributed by atoms with Gasteiger partial charge >= 0.3 is 0 Å². The first kappa shape index (κ1) is 58.7. The number of hydrogen-bond acceptors (Lipinski definition) is 5. The molecule has 372 valence electrons. The van der Waals surface area contributed by atoms with E-state index in [0.717, 1.165) is 54.2 Å². The van der Waals surface area contributed by atoms with Crippen molar-refractivity contribution in [2.45, 2.75) is 270 Å². The molecule has 5 heteroatoms. The number of rotatable bonds is 48. The summed E-state index contributed by atoms with van der Waals surface area (Å²) in [5.74, 6) is 3.30. The maximum atomic E-state index is 13.4. The lowest BCUT2D eigenvalue weighted by atomic mass is 10.1. The van der Waals surface area contributed by atoms with E-state index in [1.807, 2.05) is 30.0 Å². The van der Waals surface area contributed by atoms with Gasteiger partial charge in [-0.1, -0.05) is 246 Å². The van der Waals surface area contributed by atoms with Crippen LogP contribution in [0.15, 0.2) is 47.4 Å². The molecule has 0 fully saturated rings. The van der Waals surface area contributed by atoms with Crippen molar-refractivity contribution < 1.29 is 19.0 Å². The van der Waals surface area contributed by atoms with Gasteiger partial charge in [-0.15, -0.1) is 11.8 Å². The summed E-state index contributed by atoms with van der Waals surface area (Å²) >= 11 is 1.84. The van der Waals surface area contributed by atoms with Crippen LogP contribution < -0.4 is 14.2 Å². The van der Waals surface area contributed by atoms with E-state index in [9.17, 15) is 4.79 Å². The average Bonchev–Trinajstić information content (AvgIpc) is 3.32. The summed E-state index contributed by atoms with van der Waals surface area (Å²) in [7, 11) is 0. The summed E-state index contributed by atoms with van der Waals surface area (Å²) in [5, 5.41) is 0. The lowest BCUT2D eigenvalue weighted by Gasteiger charge is -2.18. The van der Waals surface area contributed by atoms with Gasteiger partial charge in [0.2, 0.25) is 5.75 Å². The Labute approximate surface area is 407 Å². The fraction of sp³-hybridized carbons (Fsp3) is 0.750. The van der Waals surface area contributed by atoms with Crippen molar-refractivity contribution in [3.63, 3.8) is 0 Å². The van der Waals surface area contributed by atoms with Gasteiger partial charge in [-0.3, -0.25) is 4.79 Å². The SMILES string of the molecule is CCCCCCCCCCCCCCOc1cc(/C=C/C(=O)c2ccc(SCCC)cc2)cc(OCCCCCCCCCCCCCC)c1OCCCCCCCCCCCCCC. The molecule has 4 nitrogen and oxygen atoms in total. The van der Waals surface area contributed by atoms with Gasteiger partial charge in [-0.2, -0.15) is 0 Å². The largest absolute Gasteiger partial charge is 0.490 e. The van der Waals surface area contributed by atoms with Gasteiger partial charge in [-0.25, -0.2) is 0 Å². The highest BCUT2D eigenvalue weighted by Crippen LogP contribution is 2.40. The highest BCUT2D eigenvalue weighted by Gasteiger charge is 2.16. The summed E-state index contributed by atoms with van der Waals surface area (Å²) in [4.78, 5) is 14.6. The minimum absolute atomic E-state index is 0.00210. The van der Waals surface area contributed by atoms with Crippen LogP contribution in [0.25, 0.3) is 6.08 Å². The molecular formula is C60H102O4S. The van der Waals surface area contributed by atoms with Crippen molar-refractivity contribution in [2.75, 3.05) is 25.6 Å². The lowest BCUT2D eigenvalue weighted by molar-refractivity contribution is 0.104. The third-order valence-corrected chi connectivity index (χ3v) is 14.1. The molecule has 0 saturated carbocycles. The number of carbonyl (C=O) groups is 1. The molecule has 0 aliphatic heterocycles. The third-order valence-electron chi connectivity index (χ3n) is 12.8. The Morgan fingerprint density at radius 2 is 0.738 bits per heavy atom. The Morgan fingerprint density at radius 1 is 0.415 bits per heavy atom. The monoisotopic (exact) mass is 919 g/mol. The summed E-state index contributed by atoms with van der Waals surface area (Å²) in [5.41, 5.74) is 1.61. The van der Waals surface area contributed by atoms with Crippen LogP contribution in [-0.2, 0) is 0 Å². The minimum Gasteiger partial charge on any atom is -0.490 e. The molecule has 0 spiro atoms. The zero-order chi connectivity index (χ0) is 46.5. The molecule has 65 heavy (non-hydrogen) atoms. The van der Waals surface area contributed by atoms with Crippen LogP contribution in [0.2, 0.25) is 0 Å². The molecule has 0 aromatic heterocycles. The van der Waals surface area contributed by atoms with E-state index >= 15 is 0 Å². The van der Waals surface area contributed by atoms with Crippen molar-refractivity contribution >= 4 is 23.6 Å². The van der Waals surface area contributed by atoms with Crippen molar-refractivity contribution in [1.29, 1.82) is 0 Å².